The smallest absolute Gasteiger partial charge is 0.261 e. The van der Waals surface area contributed by atoms with Crippen LogP contribution in [0.25, 0.3) is 0 Å². The van der Waals surface area contributed by atoms with Crippen molar-refractivity contribution in [2.45, 2.75) is 57.7 Å². The van der Waals surface area contributed by atoms with Gasteiger partial charge in [-0.3, -0.25) is 9.59 Å². The van der Waals surface area contributed by atoms with Crippen molar-refractivity contribution >= 4 is 23.4 Å². The summed E-state index contributed by atoms with van der Waals surface area (Å²) in [5.74, 6) is 0.743. The van der Waals surface area contributed by atoms with Gasteiger partial charge < -0.3 is 19.7 Å². The van der Waals surface area contributed by atoms with Crippen molar-refractivity contribution in [2.24, 2.45) is 0 Å². The maximum Gasteiger partial charge on any atom is 0.261 e. The van der Waals surface area contributed by atoms with E-state index in [1.165, 1.54) is 0 Å². The zero-order valence-corrected chi connectivity index (χ0v) is 19.4. The summed E-state index contributed by atoms with van der Waals surface area (Å²) in [4.78, 5) is 28.0. The van der Waals surface area contributed by atoms with E-state index < -0.39 is 6.04 Å². The number of ether oxygens (including phenoxy) is 2. The molecule has 2 aromatic carbocycles. The third-order valence-corrected chi connectivity index (χ3v) is 6.07. The fraction of sp³-hybridized carbons (Fsp3) is 0.440. The molecule has 1 fully saturated rings. The lowest BCUT2D eigenvalue weighted by atomic mass is 10.1. The zero-order chi connectivity index (χ0) is 22.9. The van der Waals surface area contributed by atoms with E-state index in [-0.39, 0.29) is 31.0 Å². The average molecular weight is 459 g/mol. The van der Waals surface area contributed by atoms with Crippen LogP contribution < -0.4 is 14.8 Å². The third kappa shape index (κ3) is 6.39. The van der Waals surface area contributed by atoms with Crippen molar-refractivity contribution in [2.75, 3.05) is 13.7 Å². The molecule has 1 atom stereocenters. The van der Waals surface area contributed by atoms with Crippen molar-refractivity contribution in [1.29, 1.82) is 0 Å². The van der Waals surface area contributed by atoms with Crippen molar-refractivity contribution < 1.29 is 19.1 Å². The molecular formula is C25H31ClN2O4. The molecule has 2 amide bonds. The van der Waals surface area contributed by atoms with E-state index in [1.54, 1.807) is 36.3 Å². The summed E-state index contributed by atoms with van der Waals surface area (Å²) < 4.78 is 11.0. The molecule has 1 N–H and O–H groups in total. The molecule has 172 valence electrons. The molecule has 0 radical (unpaired) electrons. The lowest BCUT2D eigenvalue weighted by Crippen LogP contribution is -2.52. The van der Waals surface area contributed by atoms with Crippen molar-refractivity contribution in [3.63, 3.8) is 0 Å². The highest BCUT2D eigenvalue weighted by Gasteiger charge is 2.31. The molecule has 0 heterocycles. The van der Waals surface area contributed by atoms with Gasteiger partial charge in [-0.05, 0) is 49.1 Å². The highest BCUT2D eigenvalue weighted by Crippen LogP contribution is 2.24. The monoisotopic (exact) mass is 458 g/mol. The van der Waals surface area contributed by atoms with Crippen LogP contribution >= 0.6 is 11.6 Å². The molecule has 7 heteroatoms. The second kappa shape index (κ2) is 11.8. The second-order valence-electron chi connectivity index (χ2n) is 8.01. The van der Waals surface area contributed by atoms with Gasteiger partial charge in [-0.1, -0.05) is 55.6 Å². The molecule has 6 nitrogen and oxygen atoms in total. The molecule has 3 rings (SSSR count). The molecule has 0 aliphatic heterocycles. The lowest BCUT2D eigenvalue weighted by Gasteiger charge is -2.31. The van der Waals surface area contributed by atoms with Gasteiger partial charge in [-0.15, -0.1) is 0 Å². The molecule has 2 aromatic rings. The molecule has 0 spiro atoms. The van der Waals surface area contributed by atoms with E-state index in [9.17, 15) is 9.59 Å². The number of halogens is 1. The van der Waals surface area contributed by atoms with Gasteiger partial charge in [0.25, 0.3) is 5.91 Å². The number of benzene rings is 2. The first kappa shape index (κ1) is 23.9. The van der Waals surface area contributed by atoms with E-state index >= 15 is 0 Å². The van der Waals surface area contributed by atoms with Crippen LogP contribution in [-0.2, 0) is 16.1 Å². The Morgan fingerprint density at radius 1 is 1.16 bits per heavy atom. The lowest BCUT2D eigenvalue weighted by molar-refractivity contribution is -0.143. The van der Waals surface area contributed by atoms with Crippen LogP contribution in [0.2, 0.25) is 5.02 Å². The first-order valence-corrected chi connectivity index (χ1v) is 11.5. The Morgan fingerprint density at radius 3 is 2.59 bits per heavy atom. The largest absolute Gasteiger partial charge is 0.497 e. The second-order valence-corrected chi connectivity index (χ2v) is 8.41. The molecule has 1 saturated carbocycles. The number of carbonyl (C=O) groups is 2. The number of carbonyl (C=O) groups excluding carboxylic acids is 2. The van der Waals surface area contributed by atoms with E-state index in [0.717, 1.165) is 31.2 Å². The standard InChI is InChI=1S/C25H31ClN2O4/c1-3-22(25(30)27-19-10-4-5-11-19)28(16-18-9-8-12-20(15-18)31-2)24(29)17-32-23-14-7-6-13-21(23)26/h6-9,12-15,19,22H,3-5,10-11,16-17H2,1-2H3,(H,27,30). The summed E-state index contributed by atoms with van der Waals surface area (Å²) in [6.07, 6.45) is 4.73. The van der Waals surface area contributed by atoms with Gasteiger partial charge in [-0.2, -0.15) is 0 Å². The Morgan fingerprint density at radius 2 is 1.91 bits per heavy atom. The highest BCUT2D eigenvalue weighted by molar-refractivity contribution is 6.32. The minimum absolute atomic E-state index is 0.117. The summed E-state index contributed by atoms with van der Waals surface area (Å²) in [5, 5.41) is 3.57. The van der Waals surface area contributed by atoms with Gasteiger partial charge in [0.15, 0.2) is 6.61 Å². The molecule has 1 unspecified atom stereocenters. The maximum atomic E-state index is 13.3. The molecule has 1 aliphatic carbocycles. The molecular weight excluding hydrogens is 428 g/mol. The van der Waals surface area contributed by atoms with Gasteiger partial charge in [0.2, 0.25) is 5.91 Å². The van der Waals surface area contributed by atoms with Crippen LogP contribution in [0.4, 0.5) is 0 Å². The van der Waals surface area contributed by atoms with Gasteiger partial charge >= 0.3 is 0 Å². The Hall–Kier alpha value is -2.73. The maximum absolute atomic E-state index is 13.3. The van der Waals surface area contributed by atoms with Crippen LogP contribution in [0.1, 0.15) is 44.6 Å². The topological polar surface area (TPSA) is 67.9 Å². The Kier molecular flexibility index (Phi) is 8.80. The number of methoxy groups -OCH3 is 1. The van der Waals surface area contributed by atoms with E-state index in [1.807, 2.05) is 31.2 Å². The van der Waals surface area contributed by atoms with Crippen LogP contribution in [0, 0.1) is 0 Å². The Balaban J connectivity index is 1.78. The number of amides is 2. The van der Waals surface area contributed by atoms with E-state index in [4.69, 9.17) is 21.1 Å². The summed E-state index contributed by atoms with van der Waals surface area (Å²) in [5.41, 5.74) is 0.877. The van der Waals surface area contributed by atoms with Crippen LogP contribution in [-0.4, -0.2) is 42.5 Å². The predicted octanol–water partition coefficient (Wildman–Crippen LogP) is 4.59. The van der Waals surface area contributed by atoms with Crippen molar-refractivity contribution in [1.82, 2.24) is 10.2 Å². The molecule has 0 bridgehead atoms. The number of rotatable bonds is 10. The van der Waals surface area contributed by atoms with Crippen LogP contribution in [0.15, 0.2) is 48.5 Å². The first-order valence-electron chi connectivity index (χ1n) is 11.1. The molecule has 0 aromatic heterocycles. The van der Waals surface area contributed by atoms with E-state index in [2.05, 4.69) is 5.32 Å². The normalized spacial score (nSPS) is 14.6. The quantitative estimate of drug-likeness (QED) is 0.565. The number of para-hydroxylation sites is 1. The van der Waals surface area contributed by atoms with Crippen LogP contribution in [0.5, 0.6) is 11.5 Å². The summed E-state index contributed by atoms with van der Waals surface area (Å²) in [7, 11) is 1.60. The predicted molar refractivity (Wildman–Crippen MR) is 125 cm³/mol. The third-order valence-electron chi connectivity index (χ3n) is 5.76. The SMILES string of the molecule is CCC(C(=O)NC1CCCC1)N(Cc1cccc(OC)c1)C(=O)COc1ccccc1Cl. The number of nitrogens with zero attached hydrogens (tertiary/aromatic N) is 1. The molecule has 0 saturated heterocycles. The summed E-state index contributed by atoms with van der Waals surface area (Å²) in [6, 6.07) is 14.1. The number of nitrogens with one attached hydrogen (secondary N) is 1. The minimum atomic E-state index is -0.593. The molecule has 1 aliphatic rings. The molecule has 32 heavy (non-hydrogen) atoms. The summed E-state index contributed by atoms with van der Waals surface area (Å²) in [6.45, 7) is 1.99. The average Bonchev–Trinajstić information content (AvgIpc) is 3.31. The minimum Gasteiger partial charge on any atom is -0.497 e. The van der Waals surface area contributed by atoms with Gasteiger partial charge in [0.05, 0.1) is 12.1 Å². The fourth-order valence-corrected chi connectivity index (χ4v) is 4.23. The van der Waals surface area contributed by atoms with Crippen molar-refractivity contribution in [3.05, 3.63) is 59.1 Å². The number of hydrogen-bond acceptors (Lipinski definition) is 4. The van der Waals surface area contributed by atoms with Crippen LogP contribution in [0.3, 0.4) is 0 Å². The zero-order valence-electron chi connectivity index (χ0n) is 18.7. The Bertz CT molecular complexity index is 914. The van der Waals surface area contributed by atoms with Gasteiger partial charge in [0.1, 0.15) is 17.5 Å². The number of hydrogen-bond donors (Lipinski definition) is 1. The van der Waals surface area contributed by atoms with Gasteiger partial charge in [0, 0.05) is 12.6 Å². The Labute approximate surface area is 194 Å². The summed E-state index contributed by atoms with van der Waals surface area (Å²) >= 11 is 6.16. The van der Waals surface area contributed by atoms with Crippen molar-refractivity contribution in [3.8, 4) is 11.5 Å². The first-order chi connectivity index (χ1) is 15.5. The van der Waals surface area contributed by atoms with Gasteiger partial charge in [-0.25, -0.2) is 0 Å². The fourth-order valence-electron chi connectivity index (χ4n) is 4.04. The highest BCUT2D eigenvalue weighted by atomic mass is 35.5. The van der Waals surface area contributed by atoms with E-state index in [0.29, 0.717) is 22.9 Å².